The molecule has 0 fully saturated rings. The summed E-state index contributed by atoms with van der Waals surface area (Å²) in [6.45, 7) is -2.93. The van der Waals surface area contributed by atoms with Crippen molar-refractivity contribution in [1.29, 1.82) is 0 Å². The first-order valence-electron chi connectivity index (χ1n) is 8.60. The molecule has 0 saturated carbocycles. The van der Waals surface area contributed by atoms with Gasteiger partial charge in [0.2, 0.25) is 5.91 Å². The largest absolute Gasteiger partial charge is 0.493 e. The van der Waals surface area contributed by atoms with Crippen LogP contribution < -0.4 is 14.8 Å². The number of hydrogen-bond donors (Lipinski definition) is 1. The van der Waals surface area contributed by atoms with Crippen LogP contribution in [0.4, 0.5) is 22.0 Å². The normalized spacial score (nSPS) is 11.7. The lowest BCUT2D eigenvalue weighted by molar-refractivity contribution is -0.137. The molecule has 0 unspecified atom stereocenters. The number of carbonyl (C=O) groups excluding carboxylic acids is 1. The molecule has 0 aliphatic heterocycles. The van der Waals surface area contributed by atoms with Crippen molar-refractivity contribution in [3.8, 4) is 11.5 Å². The third kappa shape index (κ3) is 5.75. The number of aromatic nitrogens is 3. The van der Waals surface area contributed by atoms with Crippen LogP contribution in [0, 0.1) is 0 Å². The average Bonchev–Trinajstić information content (AvgIpc) is 3.12. The number of hydrogen-bond acceptors (Lipinski definition) is 6. The van der Waals surface area contributed by atoms with Crippen LogP contribution in [0.5, 0.6) is 11.5 Å². The molecule has 0 atom stereocenters. The minimum absolute atomic E-state index is 0.0729. The molecular weight excluding hydrogens is 447 g/mol. The number of halogens is 5. The first-order valence-corrected chi connectivity index (χ1v) is 9.59. The number of alkyl halides is 5. The molecular formula is C18H15F5N4O3S. The zero-order valence-corrected chi connectivity index (χ0v) is 16.6. The van der Waals surface area contributed by atoms with Crippen LogP contribution in [0.15, 0.2) is 41.7 Å². The number of thioether (sulfide) groups is 1. The molecule has 3 rings (SSSR count). The number of benzene rings is 1. The second-order valence-electron chi connectivity index (χ2n) is 6.06. The molecule has 2 aromatic heterocycles. The lowest BCUT2D eigenvalue weighted by atomic mass is 10.2. The number of rotatable bonds is 8. The molecule has 13 heteroatoms. The van der Waals surface area contributed by atoms with Crippen LogP contribution in [0.25, 0.3) is 5.65 Å². The van der Waals surface area contributed by atoms with Gasteiger partial charge >= 0.3 is 12.8 Å². The highest BCUT2D eigenvalue weighted by Crippen LogP contribution is 2.31. The van der Waals surface area contributed by atoms with Gasteiger partial charge in [0.05, 0.1) is 18.4 Å². The van der Waals surface area contributed by atoms with Crippen molar-refractivity contribution >= 4 is 23.3 Å². The van der Waals surface area contributed by atoms with Crippen molar-refractivity contribution in [3.05, 3.63) is 47.7 Å². The number of fused-ring (bicyclic) bond motifs is 1. The molecule has 0 aliphatic carbocycles. The summed E-state index contributed by atoms with van der Waals surface area (Å²) in [6.07, 6.45) is -3.65. The van der Waals surface area contributed by atoms with Crippen molar-refractivity contribution < 1.29 is 36.2 Å². The Labute approximate surface area is 176 Å². The Morgan fingerprint density at radius 1 is 1.19 bits per heavy atom. The zero-order chi connectivity index (χ0) is 22.6. The van der Waals surface area contributed by atoms with Gasteiger partial charge in [-0.3, -0.25) is 9.20 Å². The quantitative estimate of drug-likeness (QED) is 0.406. The molecule has 0 spiro atoms. The van der Waals surface area contributed by atoms with Crippen molar-refractivity contribution in [2.45, 2.75) is 24.5 Å². The predicted molar refractivity (Wildman–Crippen MR) is 100 cm³/mol. The minimum atomic E-state index is -4.52. The van der Waals surface area contributed by atoms with E-state index in [2.05, 4.69) is 20.3 Å². The van der Waals surface area contributed by atoms with E-state index in [1.165, 1.54) is 31.4 Å². The summed E-state index contributed by atoms with van der Waals surface area (Å²) in [5.41, 5.74) is -0.0759. The number of carbonyl (C=O) groups is 1. The van der Waals surface area contributed by atoms with E-state index in [1.807, 2.05) is 0 Å². The van der Waals surface area contributed by atoms with Crippen molar-refractivity contribution in [2.75, 3.05) is 12.9 Å². The third-order valence-electron chi connectivity index (χ3n) is 3.96. The Morgan fingerprint density at radius 3 is 2.65 bits per heavy atom. The number of nitrogens with one attached hydrogen (secondary N) is 1. The van der Waals surface area contributed by atoms with E-state index in [0.717, 1.165) is 28.4 Å². The number of amides is 1. The van der Waals surface area contributed by atoms with Gasteiger partial charge in [-0.05, 0) is 29.8 Å². The second kappa shape index (κ2) is 9.37. The molecule has 0 bridgehead atoms. The average molecular weight is 462 g/mol. The standard InChI is InChI=1S/C18H15F5N4O3S/c1-29-13-6-10(2-4-12(13)30-16(19)20)7-24-15(28)9-31-17-26-25-14-5-3-11(8-27(14)17)18(21,22)23/h2-6,8,16H,7,9H2,1H3,(H,24,28). The van der Waals surface area contributed by atoms with Gasteiger partial charge in [-0.15, -0.1) is 10.2 Å². The second-order valence-corrected chi connectivity index (χ2v) is 7.00. The molecule has 166 valence electrons. The lowest BCUT2D eigenvalue weighted by Gasteiger charge is -2.12. The summed E-state index contributed by atoms with van der Waals surface area (Å²) in [5, 5.41) is 10.3. The molecule has 2 heterocycles. The van der Waals surface area contributed by atoms with Crippen molar-refractivity contribution in [3.63, 3.8) is 0 Å². The van der Waals surface area contributed by atoms with E-state index in [4.69, 9.17) is 4.74 Å². The Kier molecular flexibility index (Phi) is 6.83. The highest BCUT2D eigenvalue weighted by Gasteiger charge is 2.31. The van der Waals surface area contributed by atoms with Gasteiger partial charge < -0.3 is 14.8 Å². The van der Waals surface area contributed by atoms with Crippen LogP contribution in [-0.2, 0) is 17.5 Å². The maximum Gasteiger partial charge on any atom is 0.417 e. The fraction of sp³-hybridized carbons (Fsp3) is 0.278. The first-order chi connectivity index (χ1) is 14.7. The fourth-order valence-electron chi connectivity index (χ4n) is 2.53. The minimum Gasteiger partial charge on any atom is -0.493 e. The maximum absolute atomic E-state index is 12.9. The van der Waals surface area contributed by atoms with Crippen LogP contribution in [0.1, 0.15) is 11.1 Å². The van der Waals surface area contributed by atoms with E-state index < -0.39 is 24.3 Å². The lowest BCUT2D eigenvalue weighted by Crippen LogP contribution is -2.24. The van der Waals surface area contributed by atoms with E-state index in [1.54, 1.807) is 0 Å². The Morgan fingerprint density at radius 2 is 1.97 bits per heavy atom. The molecule has 1 aromatic carbocycles. The monoisotopic (exact) mass is 462 g/mol. The number of ether oxygens (including phenoxy) is 2. The van der Waals surface area contributed by atoms with Crippen LogP contribution in [0.2, 0.25) is 0 Å². The molecule has 31 heavy (non-hydrogen) atoms. The van der Waals surface area contributed by atoms with Gasteiger partial charge in [0.1, 0.15) is 0 Å². The van der Waals surface area contributed by atoms with E-state index in [-0.39, 0.29) is 34.6 Å². The Balaban J connectivity index is 1.60. The van der Waals surface area contributed by atoms with Gasteiger partial charge in [0, 0.05) is 12.7 Å². The van der Waals surface area contributed by atoms with Gasteiger partial charge in [-0.25, -0.2) is 0 Å². The maximum atomic E-state index is 12.9. The van der Waals surface area contributed by atoms with Gasteiger partial charge in [-0.2, -0.15) is 22.0 Å². The highest BCUT2D eigenvalue weighted by molar-refractivity contribution is 7.99. The number of nitrogens with zero attached hydrogens (tertiary/aromatic N) is 3. The molecule has 1 N–H and O–H groups in total. The molecule has 1 amide bonds. The molecule has 0 saturated heterocycles. The first kappa shape index (κ1) is 22.6. The highest BCUT2D eigenvalue weighted by atomic mass is 32.2. The topological polar surface area (TPSA) is 77.8 Å². The van der Waals surface area contributed by atoms with E-state index >= 15 is 0 Å². The van der Waals surface area contributed by atoms with E-state index in [0.29, 0.717) is 5.56 Å². The summed E-state index contributed by atoms with van der Waals surface area (Å²) in [6, 6.07) is 6.31. The van der Waals surface area contributed by atoms with Crippen molar-refractivity contribution in [1.82, 2.24) is 19.9 Å². The summed E-state index contributed by atoms with van der Waals surface area (Å²) < 4.78 is 73.9. The SMILES string of the molecule is COc1cc(CNC(=O)CSc2nnc3ccc(C(F)(F)F)cn23)ccc1OC(F)F. The van der Waals surface area contributed by atoms with Crippen molar-refractivity contribution in [2.24, 2.45) is 0 Å². The van der Waals surface area contributed by atoms with Crippen LogP contribution >= 0.6 is 11.8 Å². The summed E-state index contributed by atoms with van der Waals surface area (Å²) in [7, 11) is 1.29. The molecule has 3 aromatic rings. The smallest absolute Gasteiger partial charge is 0.417 e. The van der Waals surface area contributed by atoms with E-state index in [9.17, 15) is 26.7 Å². The Bertz CT molecular complexity index is 1070. The summed E-state index contributed by atoms with van der Waals surface area (Å²) >= 11 is 0.918. The predicted octanol–water partition coefficient (Wildman–Crippen LogP) is 3.77. The van der Waals surface area contributed by atoms with Crippen LogP contribution in [0.3, 0.4) is 0 Å². The fourth-order valence-corrected chi connectivity index (χ4v) is 3.28. The van der Waals surface area contributed by atoms with Gasteiger partial charge in [0.25, 0.3) is 0 Å². The molecule has 0 radical (unpaired) electrons. The Hall–Kier alpha value is -3.09. The summed E-state index contributed by atoms with van der Waals surface area (Å²) in [4.78, 5) is 12.1. The third-order valence-corrected chi connectivity index (χ3v) is 4.91. The number of methoxy groups -OCH3 is 1. The summed E-state index contributed by atoms with van der Waals surface area (Å²) in [5.74, 6) is -0.599. The van der Waals surface area contributed by atoms with Gasteiger partial charge in [-0.1, -0.05) is 17.8 Å². The zero-order valence-electron chi connectivity index (χ0n) is 15.8. The molecule has 7 nitrogen and oxygen atoms in total. The van der Waals surface area contributed by atoms with Gasteiger partial charge in [0.15, 0.2) is 22.3 Å². The molecule has 0 aliphatic rings. The number of pyridine rings is 1. The van der Waals surface area contributed by atoms with Crippen LogP contribution in [-0.4, -0.2) is 40.0 Å².